The summed E-state index contributed by atoms with van der Waals surface area (Å²) in [6.45, 7) is 2.50. The van der Waals surface area contributed by atoms with E-state index < -0.39 is 0 Å². The van der Waals surface area contributed by atoms with Crippen LogP contribution in [0.1, 0.15) is 21.5 Å². The average Bonchev–Trinajstić information content (AvgIpc) is 2.77. The van der Waals surface area contributed by atoms with Gasteiger partial charge in [-0.1, -0.05) is 11.6 Å². The molecule has 0 saturated heterocycles. The molecule has 0 saturated carbocycles. The van der Waals surface area contributed by atoms with Gasteiger partial charge in [0, 0.05) is 24.2 Å². The minimum atomic E-state index is 0.00193. The van der Waals surface area contributed by atoms with Gasteiger partial charge in [0.1, 0.15) is 0 Å². The van der Waals surface area contributed by atoms with E-state index >= 15 is 0 Å². The molecule has 0 unspecified atom stereocenters. The van der Waals surface area contributed by atoms with Gasteiger partial charge in [-0.15, -0.1) is 11.3 Å². The summed E-state index contributed by atoms with van der Waals surface area (Å²) in [6.07, 6.45) is 0. The number of carbonyl (C=O) groups excluding carboxylic acids is 1. The number of amides is 1. The molecule has 2 rings (SSSR count). The number of aryl methyl sites for hydroxylation is 1. The fraction of sp³-hybridized carbons (Fsp3) is 0.214. The molecule has 0 N–H and O–H groups in total. The standard InChI is InChI=1S/C14H13BrClNOS/c1-9-5-11(3-4-12(9)16)14(18)17(2)7-10-6-13(15)19-8-10/h3-6,8H,7H2,1-2H3. The molecule has 0 aliphatic heterocycles. The van der Waals surface area contributed by atoms with Crippen molar-refractivity contribution in [1.82, 2.24) is 4.90 Å². The summed E-state index contributed by atoms with van der Waals surface area (Å²) in [4.78, 5) is 14.0. The predicted molar refractivity (Wildman–Crippen MR) is 84.0 cm³/mol. The smallest absolute Gasteiger partial charge is 0.253 e. The quantitative estimate of drug-likeness (QED) is 0.775. The van der Waals surface area contributed by atoms with Gasteiger partial charge in [0.2, 0.25) is 0 Å². The Labute approximate surface area is 130 Å². The number of halogens is 2. The summed E-state index contributed by atoms with van der Waals surface area (Å²) in [7, 11) is 1.80. The van der Waals surface area contributed by atoms with Gasteiger partial charge in [-0.2, -0.15) is 0 Å². The highest BCUT2D eigenvalue weighted by molar-refractivity contribution is 9.11. The van der Waals surface area contributed by atoms with Crippen LogP contribution in [-0.2, 0) is 6.54 Å². The SMILES string of the molecule is Cc1cc(C(=O)N(C)Cc2csc(Br)c2)ccc1Cl. The molecule has 19 heavy (non-hydrogen) atoms. The van der Waals surface area contributed by atoms with Crippen molar-refractivity contribution in [3.05, 3.63) is 55.1 Å². The second-order valence-electron chi connectivity index (χ2n) is 4.38. The number of nitrogens with zero attached hydrogens (tertiary/aromatic N) is 1. The van der Waals surface area contributed by atoms with Crippen LogP contribution in [0.5, 0.6) is 0 Å². The lowest BCUT2D eigenvalue weighted by Gasteiger charge is -2.17. The van der Waals surface area contributed by atoms with Crippen molar-refractivity contribution >= 4 is 44.8 Å². The Hall–Kier alpha value is -0.840. The second-order valence-corrected chi connectivity index (χ2v) is 7.08. The largest absolute Gasteiger partial charge is 0.337 e. The van der Waals surface area contributed by atoms with E-state index in [1.54, 1.807) is 35.4 Å². The second kappa shape index (κ2) is 6.07. The van der Waals surface area contributed by atoms with Crippen LogP contribution in [0.4, 0.5) is 0 Å². The van der Waals surface area contributed by atoms with E-state index in [4.69, 9.17) is 11.6 Å². The number of benzene rings is 1. The summed E-state index contributed by atoms with van der Waals surface area (Å²) in [5, 5.41) is 2.72. The Morgan fingerprint density at radius 1 is 1.42 bits per heavy atom. The van der Waals surface area contributed by atoms with Crippen molar-refractivity contribution in [2.45, 2.75) is 13.5 Å². The lowest BCUT2D eigenvalue weighted by molar-refractivity contribution is 0.0785. The Kier molecular flexibility index (Phi) is 4.66. The van der Waals surface area contributed by atoms with E-state index in [9.17, 15) is 4.79 Å². The maximum absolute atomic E-state index is 12.3. The topological polar surface area (TPSA) is 20.3 Å². The van der Waals surface area contributed by atoms with Crippen molar-refractivity contribution in [2.75, 3.05) is 7.05 Å². The van der Waals surface area contributed by atoms with Crippen LogP contribution in [0.2, 0.25) is 5.02 Å². The van der Waals surface area contributed by atoms with Crippen molar-refractivity contribution in [3.8, 4) is 0 Å². The first-order valence-corrected chi connectivity index (χ1v) is 7.77. The van der Waals surface area contributed by atoms with E-state index in [0.29, 0.717) is 17.1 Å². The zero-order valence-electron chi connectivity index (χ0n) is 10.6. The summed E-state index contributed by atoms with van der Waals surface area (Å²) in [6, 6.07) is 7.38. The predicted octanol–water partition coefficient (Wildman–Crippen LogP) is 4.74. The number of hydrogen-bond donors (Lipinski definition) is 0. The van der Waals surface area contributed by atoms with Gasteiger partial charge in [-0.3, -0.25) is 4.79 Å². The molecule has 2 nitrogen and oxygen atoms in total. The Morgan fingerprint density at radius 2 is 2.16 bits per heavy atom. The average molecular weight is 359 g/mol. The molecule has 100 valence electrons. The van der Waals surface area contributed by atoms with Gasteiger partial charge in [-0.25, -0.2) is 0 Å². The number of thiophene rings is 1. The van der Waals surface area contributed by atoms with Gasteiger partial charge < -0.3 is 4.90 Å². The zero-order valence-corrected chi connectivity index (χ0v) is 13.8. The normalized spacial score (nSPS) is 10.5. The summed E-state index contributed by atoms with van der Waals surface area (Å²) in [5.41, 5.74) is 2.70. The third-order valence-corrected chi connectivity index (χ3v) is 4.77. The monoisotopic (exact) mass is 357 g/mol. The molecule has 1 heterocycles. The van der Waals surface area contributed by atoms with E-state index in [0.717, 1.165) is 14.9 Å². The molecular formula is C14H13BrClNOS. The lowest BCUT2D eigenvalue weighted by Crippen LogP contribution is -2.26. The molecular weight excluding hydrogens is 346 g/mol. The number of rotatable bonds is 3. The molecule has 0 aliphatic carbocycles. The molecule has 0 fully saturated rings. The maximum atomic E-state index is 12.3. The Bertz CT molecular complexity index is 611. The fourth-order valence-corrected chi connectivity index (χ4v) is 3.09. The van der Waals surface area contributed by atoms with E-state index in [1.807, 2.05) is 24.4 Å². The molecule has 0 atom stereocenters. The molecule has 5 heteroatoms. The van der Waals surface area contributed by atoms with Crippen LogP contribution in [-0.4, -0.2) is 17.9 Å². The van der Waals surface area contributed by atoms with Crippen molar-refractivity contribution in [1.29, 1.82) is 0 Å². The molecule has 0 spiro atoms. The minimum absolute atomic E-state index is 0.00193. The third-order valence-electron chi connectivity index (χ3n) is 2.79. The van der Waals surface area contributed by atoms with Crippen LogP contribution >= 0.6 is 38.9 Å². The molecule has 0 radical (unpaired) electrons. The van der Waals surface area contributed by atoms with Gasteiger partial charge in [-0.05, 0) is 63.6 Å². The molecule has 2 aromatic rings. The van der Waals surface area contributed by atoms with Crippen LogP contribution in [0.15, 0.2) is 33.4 Å². The van der Waals surface area contributed by atoms with Crippen LogP contribution in [0, 0.1) is 6.92 Å². The lowest BCUT2D eigenvalue weighted by atomic mass is 10.1. The number of hydrogen-bond acceptors (Lipinski definition) is 2. The van der Waals surface area contributed by atoms with Crippen molar-refractivity contribution in [2.24, 2.45) is 0 Å². The zero-order chi connectivity index (χ0) is 14.0. The summed E-state index contributed by atoms with van der Waals surface area (Å²) >= 11 is 11.0. The first-order valence-electron chi connectivity index (χ1n) is 5.72. The van der Waals surface area contributed by atoms with Crippen molar-refractivity contribution < 1.29 is 4.79 Å². The minimum Gasteiger partial charge on any atom is -0.337 e. The molecule has 1 aromatic heterocycles. The Morgan fingerprint density at radius 3 is 2.74 bits per heavy atom. The van der Waals surface area contributed by atoms with Crippen LogP contribution < -0.4 is 0 Å². The summed E-state index contributed by atoms with van der Waals surface area (Å²) in [5.74, 6) is 0.00193. The van der Waals surface area contributed by atoms with Gasteiger partial charge in [0.05, 0.1) is 3.79 Å². The molecule has 1 amide bonds. The highest BCUT2D eigenvalue weighted by atomic mass is 79.9. The maximum Gasteiger partial charge on any atom is 0.253 e. The van der Waals surface area contributed by atoms with E-state index in [2.05, 4.69) is 15.9 Å². The van der Waals surface area contributed by atoms with Crippen LogP contribution in [0.25, 0.3) is 0 Å². The number of carbonyl (C=O) groups is 1. The molecule has 0 aliphatic rings. The third kappa shape index (κ3) is 3.59. The summed E-state index contributed by atoms with van der Waals surface area (Å²) < 4.78 is 1.07. The van der Waals surface area contributed by atoms with Crippen molar-refractivity contribution in [3.63, 3.8) is 0 Å². The molecule has 0 bridgehead atoms. The van der Waals surface area contributed by atoms with Gasteiger partial charge >= 0.3 is 0 Å². The highest BCUT2D eigenvalue weighted by Crippen LogP contribution is 2.22. The van der Waals surface area contributed by atoms with E-state index in [-0.39, 0.29) is 5.91 Å². The highest BCUT2D eigenvalue weighted by Gasteiger charge is 2.13. The van der Waals surface area contributed by atoms with Crippen LogP contribution in [0.3, 0.4) is 0 Å². The Balaban J connectivity index is 2.12. The first kappa shape index (κ1) is 14.6. The molecule has 1 aromatic carbocycles. The van der Waals surface area contributed by atoms with Gasteiger partial charge in [0.15, 0.2) is 0 Å². The van der Waals surface area contributed by atoms with E-state index in [1.165, 1.54) is 0 Å². The fourth-order valence-electron chi connectivity index (χ4n) is 1.77. The van der Waals surface area contributed by atoms with Gasteiger partial charge in [0.25, 0.3) is 5.91 Å². The first-order chi connectivity index (χ1) is 8.97.